The van der Waals surface area contributed by atoms with Gasteiger partial charge in [0.1, 0.15) is 5.69 Å². The topological polar surface area (TPSA) is 63.0 Å². The molecule has 23 heavy (non-hydrogen) atoms. The fourth-order valence-electron chi connectivity index (χ4n) is 4.15. The molecule has 2 aliphatic rings. The Morgan fingerprint density at radius 3 is 2.57 bits per heavy atom. The molecule has 2 aliphatic carbocycles. The van der Waals surface area contributed by atoms with Crippen molar-refractivity contribution in [3.8, 4) is 0 Å². The Hall–Kier alpha value is -1.72. The Bertz CT molecular complexity index is 644. The maximum Gasteiger partial charge on any atom is 0.108 e. The molecule has 1 saturated carbocycles. The summed E-state index contributed by atoms with van der Waals surface area (Å²) >= 11 is 0. The SMILES string of the molecule is OCc1cn([C@@H]2CCCC[C@@H]2NC2Cc3ccccc3C2)nn1. The van der Waals surface area contributed by atoms with Gasteiger partial charge in [0.15, 0.2) is 0 Å². The van der Waals surface area contributed by atoms with Gasteiger partial charge in [-0.2, -0.15) is 0 Å². The number of nitrogens with one attached hydrogen (secondary N) is 1. The average molecular weight is 312 g/mol. The first kappa shape index (κ1) is 14.8. The van der Waals surface area contributed by atoms with Crippen LogP contribution in [0.3, 0.4) is 0 Å². The van der Waals surface area contributed by atoms with Gasteiger partial charge in [-0.1, -0.05) is 42.3 Å². The van der Waals surface area contributed by atoms with Crippen molar-refractivity contribution in [3.63, 3.8) is 0 Å². The zero-order valence-electron chi connectivity index (χ0n) is 13.4. The van der Waals surface area contributed by atoms with Crippen LogP contribution in [0.1, 0.15) is 48.5 Å². The third-order valence-electron chi connectivity index (χ3n) is 5.29. The van der Waals surface area contributed by atoms with Gasteiger partial charge < -0.3 is 10.4 Å². The second-order valence-electron chi connectivity index (χ2n) is 6.85. The van der Waals surface area contributed by atoms with E-state index in [2.05, 4.69) is 39.9 Å². The molecule has 0 aliphatic heterocycles. The molecular formula is C18H24N4O. The number of aromatic nitrogens is 3. The fraction of sp³-hybridized carbons (Fsp3) is 0.556. The molecule has 5 nitrogen and oxygen atoms in total. The standard InChI is InChI=1S/C18H24N4O/c23-12-16-11-22(21-20-16)18-8-4-3-7-17(18)19-15-9-13-5-1-2-6-14(13)10-15/h1-2,5-6,11,15,17-19,23H,3-4,7-10,12H2/t17-,18+/m0/s1. The van der Waals surface area contributed by atoms with E-state index < -0.39 is 0 Å². The zero-order chi connectivity index (χ0) is 15.6. The third-order valence-corrected chi connectivity index (χ3v) is 5.29. The van der Waals surface area contributed by atoms with Crippen LogP contribution in [0.2, 0.25) is 0 Å². The number of hydrogen-bond donors (Lipinski definition) is 2. The van der Waals surface area contributed by atoms with Crippen LogP contribution < -0.4 is 5.32 Å². The molecule has 0 unspecified atom stereocenters. The lowest BCUT2D eigenvalue weighted by atomic mass is 9.89. The lowest BCUT2D eigenvalue weighted by molar-refractivity contribution is 0.228. The summed E-state index contributed by atoms with van der Waals surface area (Å²) in [7, 11) is 0. The van der Waals surface area contributed by atoms with Gasteiger partial charge in [0.05, 0.1) is 18.8 Å². The summed E-state index contributed by atoms with van der Waals surface area (Å²) < 4.78 is 1.96. The number of aliphatic hydroxyl groups excluding tert-OH is 1. The summed E-state index contributed by atoms with van der Waals surface area (Å²) in [6.45, 7) is -0.0389. The van der Waals surface area contributed by atoms with Gasteiger partial charge in [-0.3, -0.25) is 0 Å². The van der Waals surface area contributed by atoms with Gasteiger partial charge in [0, 0.05) is 12.1 Å². The van der Waals surface area contributed by atoms with Crippen LogP contribution in [0.4, 0.5) is 0 Å². The van der Waals surface area contributed by atoms with Gasteiger partial charge in [0.25, 0.3) is 0 Å². The fourth-order valence-corrected chi connectivity index (χ4v) is 4.15. The largest absolute Gasteiger partial charge is 0.390 e. The molecule has 0 saturated heterocycles. The van der Waals surface area contributed by atoms with Crippen LogP contribution in [-0.4, -0.2) is 32.2 Å². The van der Waals surface area contributed by atoms with E-state index >= 15 is 0 Å². The zero-order valence-corrected chi connectivity index (χ0v) is 13.4. The van der Waals surface area contributed by atoms with Gasteiger partial charge in [-0.15, -0.1) is 5.10 Å². The van der Waals surface area contributed by atoms with Crippen LogP contribution >= 0.6 is 0 Å². The Labute approximate surface area is 136 Å². The molecule has 1 heterocycles. The van der Waals surface area contributed by atoms with Gasteiger partial charge in [-0.25, -0.2) is 4.68 Å². The van der Waals surface area contributed by atoms with Crippen molar-refractivity contribution in [1.29, 1.82) is 0 Å². The maximum atomic E-state index is 9.21. The Morgan fingerprint density at radius 2 is 1.87 bits per heavy atom. The first-order valence-electron chi connectivity index (χ1n) is 8.68. The summed E-state index contributed by atoms with van der Waals surface area (Å²) in [5.74, 6) is 0. The first-order chi connectivity index (χ1) is 11.3. The lowest BCUT2D eigenvalue weighted by Crippen LogP contribution is -2.45. The van der Waals surface area contributed by atoms with E-state index in [9.17, 15) is 5.11 Å². The molecule has 0 amide bonds. The third kappa shape index (κ3) is 3.03. The number of benzene rings is 1. The number of rotatable bonds is 4. The van der Waals surface area contributed by atoms with Gasteiger partial charge in [-0.05, 0) is 36.8 Å². The van der Waals surface area contributed by atoms with Crippen molar-refractivity contribution in [2.75, 3.05) is 0 Å². The van der Waals surface area contributed by atoms with Gasteiger partial charge >= 0.3 is 0 Å². The van der Waals surface area contributed by atoms with E-state index in [4.69, 9.17) is 0 Å². The van der Waals surface area contributed by atoms with Crippen molar-refractivity contribution in [2.45, 2.75) is 63.3 Å². The van der Waals surface area contributed by atoms with Crippen molar-refractivity contribution in [1.82, 2.24) is 20.3 Å². The van der Waals surface area contributed by atoms with E-state index in [1.165, 1.54) is 30.4 Å². The Morgan fingerprint density at radius 1 is 1.13 bits per heavy atom. The van der Waals surface area contributed by atoms with E-state index in [0.29, 0.717) is 23.8 Å². The summed E-state index contributed by atoms with van der Waals surface area (Å²) in [5.41, 5.74) is 3.63. The molecule has 5 heteroatoms. The normalized spacial score (nSPS) is 24.7. The summed E-state index contributed by atoms with van der Waals surface area (Å²) in [5, 5.41) is 21.4. The maximum absolute atomic E-state index is 9.21. The molecule has 0 radical (unpaired) electrons. The number of aliphatic hydroxyl groups is 1. The molecule has 4 rings (SSSR count). The number of fused-ring (bicyclic) bond motifs is 1. The molecule has 1 fully saturated rings. The molecular weight excluding hydrogens is 288 g/mol. The summed E-state index contributed by atoms with van der Waals surface area (Å²) in [6, 6.07) is 10.1. The molecule has 2 N–H and O–H groups in total. The highest BCUT2D eigenvalue weighted by molar-refractivity contribution is 5.33. The second kappa shape index (κ2) is 6.42. The summed E-state index contributed by atoms with van der Waals surface area (Å²) in [4.78, 5) is 0. The monoisotopic (exact) mass is 312 g/mol. The first-order valence-corrected chi connectivity index (χ1v) is 8.68. The van der Waals surface area contributed by atoms with Crippen LogP contribution in [-0.2, 0) is 19.4 Å². The second-order valence-corrected chi connectivity index (χ2v) is 6.85. The molecule has 2 atom stereocenters. The van der Waals surface area contributed by atoms with Crippen molar-refractivity contribution in [2.24, 2.45) is 0 Å². The van der Waals surface area contributed by atoms with E-state index in [1.54, 1.807) is 0 Å². The van der Waals surface area contributed by atoms with Crippen LogP contribution in [0.15, 0.2) is 30.5 Å². The summed E-state index contributed by atoms with van der Waals surface area (Å²) in [6.07, 6.45) is 8.97. The molecule has 0 bridgehead atoms. The van der Waals surface area contributed by atoms with E-state index in [1.807, 2.05) is 10.9 Å². The van der Waals surface area contributed by atoms with E-state index in [-0.39, 0.29) is 6.61 Å². The van der Waals surface area contributed by atoms with E-state index in [0.717, 1.165) is 19.3 Å². The van der Waals surface area contributed by atoms with Crippen molar-refractivity contribution < 1.29 is 5.11 Å². The van der Waals surface area contributed by atoms with Crippen molar-refractivity contribution >= 4 is 0 Å². The molecule has 1 aromatic carbocycles. The van der Waals surface area contributed by atoms with Crippen LogP contribution in [0, 0.1) is 0 Å². The number of nitrogens with zero attached hydrogens (tertiary/aromatic N) is 3. The molecule has 0 spiro atoms. The highest BCUT2D eigenvalue weighted by Gasteiger charge is 2.31. The lowest BCUT2D eigenvalue weighted by Gasteiger charge is -2.34. The Kier molecular flexibility index (Phi) is 4.14. The predicted molar refractivity (Wildman–Crippen MR) is 88.0 cm³/mol. The smallest absolute Gasteiger partial charge is 0.108 e. The minimum absolute atomic E-state index is 0.0389. The highest BCUT2D eigenvalue weighted by atomic mass is 16.3. The number of hydrogen-bond acceptors (Lipinski definition) is 4. The molecule has 2 aromatic rings. The minimum Gasteiger partial charge on any atom is -0.390 e. The highest BCUT2D eigenvalue weighted by Crippen LogP contribution is 2.30. The van der Waals surface area contributed by atoms with Crippen LogP contribution in [0.25, 0.3) is 0 Å². The molecule has 1 aromatic heterocycles. The quantitative estimate of drug-likeness (QED) is 0.906. The average Bonchev–Trinajstić information content (AvgIpc) is 3.21. The predicted octanol–water partition coefficient (Wildman–Crippen LogP) is 2.01. The van der Waals surface area contributed by atoms with Gasteiger partial charge in [0.2, 0.25) is 0 Å². The van der Waals surface area contributed by atoms with Crippen molar-refractivity contribution in [3.05, 3.63) is 47.3 Å². The Balaban J connectivity index is 1.46. The van der Waals surface area contributed by atoms with Crippen LogP contribution in [0.5, 0.6) is 0 Å². The minimum atomic E-state index is -0.0389. The molecule has 122 valence electrons.